The quantitative estimate of drug-likeness (QED) is 0.715. The Kier molecular flexibility index (Phi) is 2.25. The maximum absolute atomic E-state index is 11.8. The van der Waals surface area contributed by atoms with E-state index in [1.165, 1.54) is 6.33 Å². The van der Waals surface area contributed by atoms with Crippen molar-refractivity contribution in [2.24, 2.45) is 0 Å². The third-order valence-electron chi connectivity index (χ3n) is 2.76. The largest absolute Gasteiger partial charge is 0.335 e. The number of nitrogens with zero attached hydrogens (tertiary/aromatic N) is 4. The number of amides is 1. The minimum Gasteiger partial charge on any atom is -0.335 e. The van der Waals surface area contributed by atoms with Crippen molar-refractivity contribution >= 4 is 34.4 Å². The summed E-state index contributed by atoms with van der Waals surface area (Å²) < 4.78 is 5.04. The Morgan fingerprint density at radius 3 is 3.06 bits per heavy atom. The Hall–Kier alpha value is -1.69. The molecule has 2 aromatic heterocycles. The van der Waals surface area contributed by atoms with Crippen LogP contribution in [0.1, 0.15) is 12.1 Å². The summed E-state index contributed by atoms with van der Waals surface area (Å²) in [4.78, 5) is 21.5. The van der Waals surface area contributed by atoms with Crippen molar-refractivity contribution in [3.05, 3.63) is 12.0 Å². The van der Waals surface area contributed by atoms with Crippen LogP contribution in [-0.4, -0.2) is 33.0 Å². The van der Waals surface area contributed by atoms with Gasteiger partial charge in [-0.3, -0.25) is 9.69 Å². The summed E-state index contributed by atoms with van der Waals surface area (Å²) in [6.07, 6.45) is 1.69. The average molecular weight is 253 g/mol. The highest BCUT2D eigenvalue weighted by atomic mass is 35.5. The SMILES string of the molecule is Cc1noc2ncnc(N3CC(Cl)CC3=O)c12. The molecule has 0 radical (unpaired) electrons. The number of alkyl halides is 1. The lowest BCUT2D eigenvalue weighted by atomic mass is 10.3. The van der Waals surface area contributed by atoms with E-state index in [1.54, 1.807) is 11.8 Å². The summed E-state index contributed by atoms with van der Waals surface area (Å²) >= 11 is 5.97. The van der Waals surface area contributed by atoms with Crippen LogP contribution < -0.4 is 4.90 Å². The zero-order valence-electron chi connectivity index (χ0n) is 9.05. The number of anilines is 1. The van der Waals surface area contributed by atoms with Crippen LogP contribution >= 0.6 is 11.6 Å². The summed E-state index contributed by atoms with van der Waals surface area (Å²) in [7, 11) is 0. The molecule has 3 rings (SSSR count). The number of aromatic nitrogens is 3. The molecular weight excluding hydrogens is 244 g/mol. The highest BCUT2D eigenvalue weighted by Gasteiger charge is 2.32. The lowest BCUT2D eigenvalue weighted by Crippen LogP contribution is -2.26. The van der Waals surface area contributed by atoms with Crippen molar-refractivity contribution < 1.29 is 9.32 Å². The van der Waals surface area contributed by atoms with Crippen LogP contribution in [0.15, 0.2) is 10.9 Å². The van der Waals surface area contributed by atoms with Crippen LogP contribution in [0, 0.1) is 6.92 Å². The van der Waals surface area contributed by atoms with Gasteiger partial charge in [-0.2, -0.15) is 4.98 Å². The van der Waals surface area contributed by atoms with Gasteiger partial charge in [0.1, 0.15) is 11.7 Å². The van der Waals surface area contributed by atoms with E-state index >= 15 is 0 Å². The smallest absolute Gasteiger partial charge is 0.263 e. The van der Waals surface area contributed by atoms with E-state index in [-0.39, 0.29) is 11.3 Å². The molecule has 6 nitrogen and oxygen atoms in total. The van der Waals surface area contributed by atoms with Gasteiger partial charge in [-0.25, -0.2) is 4.98 Å². The second-order valence-electron chi connectivity index (χ2n) is 3.95. The molecule has 1 saturated heterocycles. The molecule has 3 heterocycles. The van der Waals surface area contributed by atoms with Gasteiger partial charge in [0, 0.05) is 13.0 Å². The highest BCUT2D eigenvalue weighted by molar-refractivity contribution is 6.24. The van der Waals surface area contributed by atoms with Gasteiger partial charge in [-0.1, -0.05) is 5.16 Å². The molecule has 7 heteroatoms. The van der Waals surface area contributed by atoms with Crippen molar-refractivity contribution in [3.63, 3.8) is 0 Å². The minimum atomic E-state index is -0.173. The van der Waals surface area contributed by atoms with Gasteiger partial charge < -0.3 is 4.52 Å². The van der Waals surface area contributed by atoms with E-state index in [0.717, 1.165) is 0 Å². The Morgan fingerprint density at radius 1 is 1.53 bits per heavy atom. The number of hydrogen-bond acceptors (Lipinski definition) is 5. The van der Waals surface area contributed by atoms with Gasteiger partial charge >= 0.3 is 0 Å². The number of halogens is 1. The Balaban J connectivity index is 2.17. The van der Waals surface area contributed by atoms with Crippen LogP contribution in [0.5, 0.6) is 0 Å². The maximum atomic E-state index is 11.8. The average Bonchev–Trinajstić information content (AvgIpc) is 2.83. The number of carbonyl (C=O) groups is 1. The summed E-state index contributed by atoms with van der Waals surface area (Å²) in [6.45, 7) is 2.24. The van der Waals surface area contributed by atoms with Crippen LogP contribution in [0.3, 0.4) is 0 Å². The molecule has 1 amide bonds. The maximum Gasteiger partial charge on any atom is 0.263 e. The minimum absolute atomic E-state index is 0.0365. The first-order chi connectivity index (χ1) is 8.16. The monoisotopic (exact) mass is 252 g/mol. The number of aryl methyl sites for hydroxylation is 1. The normalized spacial score (nSPS) is 20.5. The molecule has 0 N–H and O–H groups in total. The fourth-order valence-electron chi connectivity index (χ4n) is 1.98. The molecule has 0 aliphatic carbocycles. The molecule has 0 spiro atoms. The lowest BCUT2D eigenvalue weighted by Gasteiger charge is -2.14. The predicted octanol–water partition coefficient (Wildman–Crippen LogP) is 1.27. The van der Waals surface area contributed by atoms with E-state index in [0.29, 0.717) is 35.6 Å². The van der Waals surface area contributed by atoms with Crippen LogP contribution in [0.2, 0.25) is 0 Å². The molecule has 1 aliphatic rings. The Bertz CT molecular complexity index is 597. The third kappa shape index (κ3) is 1.56. The lowest BCUT2D eigenvalue weighted by molar-refractivity contribution is -0.117. The molecule has 1 unspecified atom stereocenters. The summed E-state index contributed by atoms with van der Waals surface area (Å²) in [6, 6.07) is 0. The topological polar surface area (TPSA) is 72.1 Å². The molecule has 0 bridgehead atoms. The van der Waals surface area contributed by atoms with Crippen molar-refractivity contribution in [1.29, 1.82) is 0 Å². The van der Waals surface area contributed by atoms with Crippen LogP contribution in [0.4, 0.5) is 5.82 Å². The van der Waals surface area contributed by atoms with E-state index in [4.69, 9.17) is 16.1 Å². The summed E-state index contributed by atoms with van der Waals surface area (Å²) in [5.41, 5.74) is 1.06. The second-order valence-corrected chi connectivity index (χ2v) is 4.57. The van der Waals surface area contributed by atoms with Crippen molar-refractivity contribution in [2.75, 3.05) is 11.4 Å². The van der Waals surface area contributed by atoms with Crippen LogP contribution in [-0.2, 0) is 4.79 Å². The van der Waals surface area contributed by atoms with Gasteiger partial charge in [-0.05, 0) is 6.92 Å². The molecule has 88 valence electrons. The molecule has 2 aromatic rings. The van der Waals surface area contributed by atoms with E-state index < -0.39 is 0 Å². The second kappa shape index (κ2) is 3.66. The first-order valence-corrected chi connectivity index (χ1v) is 5.62. The first kappa shape index (κ1) is 10.5. The zero-order valence-corrected chi connectivity index (χ0v) is 9.81. The van der Waals surface area contributed by atoms with E-state index in [9.17, 15) is 4.79 Å². The molecule has 1 aliphatic heterocycles. The molecule has 0 aromatic carbocycles. The fourth-order valence-corrected chi connectivity index (χ4v) is 2.25. The Morgan fingerprint density at radius 2 is 2.35 bits per heavy atom. The standard InChI is InChI=1S/C10H9ClN4O2/c1-5-8-9(12-4-13-10(8)17-14-5)15-3-6(11)2-7(15)16/h4,6H,2-3H2,1H3. The fraction of sp³-hybridized carbons (Fsp3) is 0.400. The predicted molar refractivity (Wildman–Crippen MR) is 60.9 cm³/mol. The van der Waals surface area contributed by atoms with E-state index in [2.05, 4.69) is 15.1 Å². The van der Waals surface area contributed by atoms with E-state index in [1.807, 2.05) is 0 Å². The number of hydrogen-bond donors (Lipinski definition) is 0. The van der Waals surface area contributed by atoms with Gasteiger partial charge in [0.25, 0.3) is 5.71 Å². The number of rotatable bonds is 1. The van der Waals surface area contributed by atoms with Crippen LogP contribution in [0.25, 0.3) is 11.1 Å². The highest BCUT2D eigenvalue weighted by Crippen LogP contribution is 2.29. The molecule has 0 saturated carbocycles. The zero-order chi connectivity index (χ0) is 12.0. The number of carbonyl (C=O) groups excluding carboxylic acids is 1. The van der Waals surface area contributed by atoms with Gasteiger partial charge in [0.05, 0.1) is 11.1 Å². The summed E-state index contributed by atoms with van der Waals surface area (Å²) in [5, 5.41) is 4.32. The number of fused-ring (bicyclic) bond motifs is 1. The first-order valence-electron chi connectivity index (χ1n) is 5.18. The van der Waals surface area contributed by atoms with Crippen molar-refractivity contribution in [2.45, 2.75) is 18.7 Å². The van der Waals surface area contributed by atoms with Gasteiger partial charge in [0.15, 0.2) is 5.82 Å². The van der Waals surface area contributed by atoms with Gasteiger partial charge in [-0.15, -0.1) is 11.6 Å². The van der Waals surface area contributed by atoms with Gasteiger partial charge in [0.2, 0.25) is 5.91 Å². The third-order valence-corrected chi connectivity index (χ3v) is 3.05. The molecule has 1 atom stereocenters. The van der Waals surface area contributed by atoms with Crippen molar-refractivity contribution in [1.82, 2.24) is 15.1 Å². The Labute approximate surface area is 102 Å². The van der Waals surface area contributed by atoms with Crippen molar-refractivity contribution in [3.8, 4) is 0 Å². The molecule has 17 heavy (non-hydrogen) atoms. The molecular formula is C10H9ClN4O2. The summed E-state index contributed by atoms with van der Waals surface area (Å²) in [5.74, 6) is 0.493. The molecule has 1 fully saturated rings.